The van der Waals surface area contributed by atoms with Crippen molar-refractivity contribution in [3.05, 3.63) is 0 Å². The molecule has 1 fully saturated rings. The third kappa shape index (κ3) is 2.05. The smallest absolute Gasteiger partial charge is 0.337 e. The molecule has 0 aromatic carbocycles. The minimum absolute atomic E-state index is 0.131. The summed E-state index contributed by atoms with van der Waals surface area (Å²) in [5, 5.41) is 5.17. The van der Waals surface area contributed by atoms with Gasteiger partial charge in [0.2, 0.25) is 0 Å². The molecule has 1 saturated heterocycles. The standard InChI is InChI=1S/C11H17N3O4/c1-3-17-10(15)8-6(2)13-14(11(12)16)9-7(8)4-5-18-9/h7-9H,3-5H2,1-2H3,(H2,12,16)/t7-,8-,9-/m1/s1. The fourth-order valence-electron chi connectivity index (χ4n) is 2.53. The van der Waals surface area contributed by atoms with Gasteiger partial charge in [-0.3, -0.25) is 4.79 Å². The van der Waals surface area contributed by atoms with E-state index < -0.39 is 18.2 Å². The zero-order valence-electron chi connectivity index (χ0n) is 10.5. The number of hydrogen-bond acceptors (Lipinski definition) is 5. The lowest BCUT2D eigenvalue weighted by Gasteiger charge is -2.35. The van der Waals surface area contributed by atoms with Crippen LogP contribution in [0.3, 0.4) is 0 Å². The Morgan fingerprint density at radius 1 is 1.61 bits per heavy atom. The first-order valence-electron chi connectivity index (χ1n) is 5.98. The first kappa shape index (κ1) is 12.8. The monoisotopic (exact) mass is 255 g/mol. The molecular weight excluding hydrogens is 238 g/mol. The van der Waals surface area contributed by atoms with Gasteiger partial charge in [-0.1, -0.05) is 0 Å². The van der Waals surface area contributed by atoms with Crippen LogP contribution in [0.15, 0.2) is 5.10 Å². The molecule has 0 radical (unpaired) electrons. The SMILES string of the molecule is CCOC(=O)[C@@H]1C(C)=NN(C(N)=O)[C@@H]2OCC[C@H]12. The molecule has 0 aromatic heterocycles. The highest BCUT2D eigenvalue weighted by atomic mass is 16.5. The number of carbonyl (C=O) groups is 2. The molecule has 0 saturated carbocycles. The van der Waals surface area contributed by atoms with Crippen LogP contribution in [0.4, 0.5) is 4.79 Å². The Kier molecular flexibility index (Phi) is 3.51. The summed E-state index contributed by atoms with van der Waals surface area (Å²) in [6, 6.07) is -0.673. The maximum atomic E-state index is 11.9. The summed E-state index contributed by atoms with van der Waals surface area (Å²) in [7, 11) is 0. The molecule has 18 heavy (non-hydrogen) atoms. The summed E-state index contributed by atoms with van der Waals surface area (Å²) in [6.07, 6.45) is 0.130. The van der Waals surface area contributed by atoms with Gasteiger partial charge in [0, 0.05) is 12.5 Å². The molecule has 3 atom stereocenters. The van der Waals surface area contributed by atoms with E-state index in [1.165, 1.54) is 0 Å². The summed E-state index contributed by atoms with van der Waals surface area (Å²) in [5.74, 6) is -0.898. The van der Waals surface area contributed by atoms with Gasteiger partial charge in [0.25, 0.3) is 0 Å². The van der Waals surface area contributed by atoms with Gasteiger partial charge in [-0.2, -0.15) is 10.1 Å². The van der Waals surface area contributed by atoms with Crippen LogP contribution in [-0.4, -0.2) is 42.2 Å². The van der Waals surface area contributed by atoms with Crippen molar-refractivity contribution < 1.29 is 19.1 Å². The average Bonchev–Trinajstić information content (AvgIpc) is 2.76. The van der Waals surface area contributed by atoms with Gasteiger partial charge in [0.05, 0.1) is 12.3 Å². The number of fused-ring (bicyclic) bond motifs is 1. The van der Waals surface area contributed by atoms with Crippen molar-refractivity contribution in [1.82, 2.24) is 5.01 Å². The van der Waals surface area contributed by atoms with E-state index in [1.54, 1.807) is 13.8 Å². The minimum Gasteiger partial charge on any atom is -0.465 e. The highest BCUT2D eigenvalue weighted by Crippen LogP contribution is 2.36. The Balaban J connectivity index is 2.29. The zero-order chi connectivity index (χ0) is 13.3. The second-order valence-corrected chi connectivity index (χ2v) is 4.37. The van der Waals surface area contributed by atoms with Crippen LogP contribution >= 0.6 is 0 Å². The predicted molar refractivity (Wildman–Crippen MR) is 62.5 cm³/mol. The molecule has 2 aliphatic heterocycles. The van der Waals surface area contributed by atoms with Gasteiger partial charge < -0.3 is 15.2 Å². The Labute approximate surface area is 105 Å². The van der Waals surface area contributed by atoms with E-state index in [4.69, 9.17) is 15.2 Å². The lowest BCUT2D eigenvalue weighted by molar-refractivity contribution is -0.149. The first-order valence-corrected chi connectivity index (χ1v) is 5.98. The molecule has 0 spiro atoms. The second kappa shape index (κ2) is 4.93. The van der Waals surface area contributed by atoms with Gasteiger partial charge >= 0.3 is 12.0 Å². The van der Waals surface area contributed by atoms with Crippen LogP contribution in [0, 0.1) is 11.8 Å². The minimum atomic E-state index is -0.673. The molecule has 0 aliphatic carbocycles. The summed E-state index contributed by atoms with van der Waals surface area (Å²) < 4.78 is 10.5. The fourth-order valence-corrected chi connectivity index (χ4v) is 2.53. The number of esters is 1. The summed E-state index contributed by atoms with van der Waals surface area (Å²) in [6.45, 7) is 4.26. The maximum Gasteiger partial charge on any atom is 0.337 e. The van der Waals surface area contributed by atoms with E-state index in [0.29, 0.717) is 25.3 Å². The zero-order valence-corrected chi connectivity index (χ0v) is 10.5. The van der Waals surface area contributed by atoms with E-state index in [2.05, 4.69) is 5.10 Å². The van der Waals surface area contributed by atoms with Gasteiger partial charge in [-0.05, 0) is 20.3 Å². The van der Waals surface area contributed by atoms with Gasteiger partial charge in [0.15, 0.2) is 6.23 Å². The van der Waals surface area contributed by atoms with Crippen molar-refractivity contribution in [3.8, 4) is 0 Å². The van der Waals surface area contributed by atoms with Crippen LogP contribution in [0.2, 0.25) is 0 Å². The van der Waals surface area contributed by atoms with E-state index in [0.717, 1.165) is 5.01 Å². The van der Waals surface area contributed by atoms with Crippen LogP contribution in [0.5, 0.6) is 0 Å². The second-order valence-electron chi connectivity index (χ2n) is 4.37. The number of amides is 2. The molecule has 0 aromatic rings. The molecular formula is C11H17N3O4. The summed E-state index contributed by atoms with van der Waals surface area (Å²) in [4.78, 5) is 23.2. The quantitative estimate of drug-likeness (QED) is 0.718. The van der Waals surface area contributed by atoms with E-state index in [1.807, 2.05) is 0 Å². The number of nitrogens with zero attached hydrogens (tertiary/aromatic N) is 2. The van der Waals surface area contributed by atoms with E-state index >= 15 is 0 Å². The van der Waals surface area contributed by atoms with Crippen molar-refractivity contribution in [2.45, 2.75) is 26.5 Å². The molecule has 2 aliphatic rings. The van der Waals surface area contributed by atoms with Crippen molar-refractivity contribution in [1.29, 1.82) is 0 Å². The fraction of sp³-hybridized carbons (Fsp3) is 0.727. The van der Waals surface area contributed by atoms with Crippen LogP contribution < -0.4 is 5.73 Å². The third-order valence-electron chi connectivity index (χ3n) is 3.26. The Morgan fingerprint density at radius 2 is 2.33 bits per heavy atom. The molecule has 100 valence electrons. The summed E-state index contributed by atoms with van der Waals surface area (Å²) >= 11 is 0. The number of hydrazone groups is 1. The lowest BCUT2D eigenvalue weighted by atomic mass is 9.85. The number of nitrogens with two attached hydrogens (primary N) is 1. The van der Waals surface area contributed by atoms with E-state index in [-0.39, 0.29) is 11.9 Å². The molecule has 0 unspecified atom stereocenters. The van der Waals surface area contributed by atoms with Gasteiger partial charge in [-0.25, -0.2) is 4.79 Å². The summed E-state index contributed by atoms with van der Waals surface area (Å²) in [5.41, 5.74) is 5.79. The van der Waals surface area contributed by atoms with E-state index in [9.17, 15) is 9.59 Å². The van der Waals surface area contributed by atoms with Crippen LogP contribution in [0.25, 0.3) is 0 Å². The van der Waals surface area contributed by atoms with Crippen LogP contribution in [-0.2, 0) is 14.3 Å². The van der Waals surface area contributed by atoms with Crippen molar-refractivity contribution in [3.63, 3.8) is 0 Å². The number of ether oxygens (including phenoxy) is 2. The normalized spacial score (nSPS) is 30.7. The predicted octanol–water partition coefficient (Wildman–Crippen LogP) is 0.298. The molecule has 7 heteroatoms. The molecule has 2 heterocycles. The number of rotatable bonds is 2. The highest BCUT2D eigenvalue weighted by molar-refractivity contribution is 6.02. The van der Waals surface area contributed by atoms with Crippen molar-refractivity contribution in [2.75, 3.05) is 13.2 Å². The molecule has 2 rings (SSSR count). The lowest BCUT2D eigenvalue weighted by Crippen LogP contribution is -2.51. The molecule has 2 N–H and O–H groups in total. The Hall–Kier alpha value is -1.63. The van der Waals surface area contributed by atoms with Crippen molar-refractivity contribution in [2.24, 2.45) is 22.7 Å². The van der Waals surface area contributed by atoms with Crippen LogP contribution in [0.1, 0.15) is 20.3 Å². The number of primary amides is 1. The maximum absolute atomic E-state index is 11.9. The van der Waals surface area contributed by atoms with Gasteiger partial charge in [0.1, 0.15) is 5.92 Å². The number of hydrogen-bond donors (Lipinski definition) is 1. The number of carbonyl (C=O) groups excluding carboxylic acids is 2. The highest BCUT2D eigenvalue weighted by Gasteiger charge is 2.48. The topological polar surface area (TPSA) is 94.2 Å². The third-order valence-corrected chi connectivity index (χ3v) is 3.26. The molecule has 7 nitrogen and oxygen atoms in total. The Morgan fingerprint density at radius 3 is 2.94 bits per heavy atom. The van der Waals surface area contributed by atoms with Crippen molar-refractivity contribution >= 4 is 17.7 Å². The number of urea groups is 1. The molecule has 2 amide bonds. The average molecular weight is 255 g/mol. The molecule has 0 bridgehead atoms. The van der Waals surface area contributed by atoms with Gasteiger partial charge in [-0.15, -0.1) is 0 Å². The first-order chi connectivity index (χ1) is 8.56. The largest absolute Gasteiger partial charge is 0.465 e. The Bertz CT molecular complexity index is 396.